The van der Waals surface area contributed by atoms with E-state index in [1.54, 1.807) is 12.1 Å². The Hall–Kier alpha value is -2.12. The van der Waals surface area contributed by atoms with E-state index < -0.39 is 0 Å². The molecule has 5 N–H and O–H groups in total. The molecule has 128 valence electrons. The van der Waals surface area contributed by atoms with Crippen LogP contribution in [0.5, 0.6) is 0 Å². The fourth-order valence-corrected chi connectivity index (χ4v) is 1.51. The number of nitrogens with one attached hydrogen (secondary N) is 3. The molecule has 8 heteroatoms. The van der Waals surface area contributed by atoms with Gasteiger partial charge in [-0.25, -0.2) is 0 Å². The lowest BCUT2D eigenvalue weighted by Gasteiger charge is -2.09. The second-order valence-electron chi connectivity index (χ2n) is 5.10. The zero-order valence-electron chi connectivity index (χ0n) is 13.2. The van der Waals surface area contributed by atoms with Crippen LogP contribution in [0.15, 0.2) is 24.3 Å². The summed E-state index contributed by atoms with van der Waals surface area (Å²) in [7, 11) is 0. The highest BCUT2D eigenvalue weighted by Crippen LogP contribution is 2.10. The molecule has 0 aliphatic rings. The van der Waals surface area contributed by atoms with Crippen LogP contribution in [0, 0.1) is 5.92 Å². The summed E-state index contributed by atoms with van der Waals surface area (Å²) in [6.07, 6.45) is 0. The van der Waals surface area contributed by atoms with Gasteiger partial charge in [0.1, 0.15) is 0 Å². The number of carbonyl (C=O) groups is 3. The predicted molar refractivity (Wildman–Crippen MR) is 91.1 cm³/mol. The van der Waals surface area contributed by atoms with Crippen LogP contribution in [-0.2, 0) is 20.9 Å². The summed E-state index contributed by atoms with van der Waals surface area (Å²) in [5.74, 6) is -0.793. The van der Waals surface area contributed by atoms with Gasteiger partial charge in [0.2, 0.25) is 17.7 Å². The predicted octanol–water partition coefficient (Wildman–Crippen LogP) is 0.394. The van der Waals surface area contributed by atoms with E-state index in [-0.39, 0.29) is 49.1 Å². The maximum Gasteiger partial charge on any atom is 0.239 e. The van der Waals surface area contributed by atoms with E-state index in [0.29, 0.717) is 12.2 Å². The highest BCUT2D eigenvalue weighted by atomic mass is 35.5. The molecule has 0 aliphatic heterocycles. The number of nitrogens with two attached hydrogens (primary N) is 1. The normalized spacial score (nSPS) is 9.74. The fourth-order valence-electron chi connectivity index (χ4n) is 1.51. The Kier molecular flexibility index (Phi) is 9.60. The van der Waals surface area contributed by atoms with Crippen molar-refractivity contribution in [3.8, 4) is 0 Å². The molecule has 0 radical (unpaired) electrons. The first-order valence-corrected chi connectivity index (χ1v) is 7.05. The van der Waals surface area contributed by atoms with Crippen LogP contribution in [0.2, 0.25) is 0 Å². The van der Waals surface area contributed by atoms with Gasteiger partial charge in [-0.05, 0) is 17.7 Å². The number of amides is 3. The van der Waals surface area contributed by atoms with Crippen molar-refractivity contribution in [1.29, 1.82) is 0 Å². The van der Waals surface area contributed by atoms with Crippen molar-refractivity contribution in [3.63, 3.8) is 0 Å². The van der Waals surface area contributed by atoms with Gasteiger partial charge in [-0.2, -0.15) is 0 Å². The summed E-state index contributed by atoms with van der Waals surface area (Å²) in [6.45, 7) is 3.75. The summed E-state index contributed by atoms with van der Waals surface area (Å²) in [5, 5.41) is 7.85. The molecule has 1 aromatic rings. The van der Waals surface area contributed by atoms with Gasteiger partial charge < -0.3 is 21.7 Å². The first-order valence-electron chi connectivity index (χ1n) is 7.05. The van der Waals surface area contributed by atoms with Crippen LogP contribution >= 0.6 is 12.4 Å². The van der Waals surface area contributed by atoms with Gasteiger partial charge in [-0.3, -0.25) is 14.4 Å². The Morgan fingerprint density at radius 2 is 1.65 bits per heavy atom. The highest BCUT2D eigenvalue weighted by molar-refractivity contribution is 5.92. The summed E-state index contributed by atoms with van der Waals surface area (Å²) >= 11 is 0. The molecule has 0 saturated heterocycles. The van der Waals surface area contributed by atoms with Crippen molar-refractivity contribution in [2.45, 2.75) is 20.4 Å². The van der Waals surface area contributed by atoms with Crippen LogP contribution in [0.3, 0.4) is 0 Å². The van der Waals surface area contributed by atoms with Crippen LogP contribution in [-0.4, -0.2) is 30.8 Å². The summed E-state index contributed by atoms with van der Waals surface area (Å²) < 4.78 is 0. The van der Waals surface area contributed by atoms with Crippen molar-refractivity contribution >= 4 is 35.8 Å². The molecule has 0 unspecified atom stereocenters. The van der Waals surface area contributed by atoms with Gasteiger partial charge in [0, 0.05) is 18.2 Å². The summed E-state index contributed by atoms with van der Waals surface area (Å²) in [5.41, 5.74) is 6.72. The van der Waals surface area contributed by atoms with Crippen molar-refractivity contribution < 1.29 is 14.4 Å². The Balaban J connectivity index is 0.00000484. The Labute approximate surface area is 141 Å². The maximum absolute atomic E-state index is 11.6. The van der Waals surface area contributed by atoms with Gasteiger partial charge >= 0.3 is 0 Å². The molecule has 0 bridgehead atoms. The quantitative estimate of drug-likeness (QED) is 0.574. The first kappa shape index (κ1) is 20.9. The topological polar surface area (TPSA) is 113 Å². The molecular weight excluding hydrogens is 320 g/mol. The van der Waals surface area contributed by atoms with Crippen molar-refractivity contribution in [3.05, 3.63) is 29.8 Å². The monoisotopic (exact) mass is 342 g/mol. The lowest BCUT2D eigenvalue weighted by Crippen LogP contribution is -2.39. The van der Waals surface area contributed by atoms with Gasteiger partial charge in [-0.1, -0.05) is 26.0 Å². The second-order valence-corrected chi connectivity index (χ2v) is 5.10. The van der Waals surface area contributed by atoms with Gasteiger partial charge in [-0.15, -0.1) is 12.4 Å². The SMILES string of the molecule is CC(C)C(=O)Nc1ccc(CNC(=O)CNC(=O)CN)cc1.Cl. The first-order chi connectivity index (χ1) is 10.4. The van der Waals surface area contributed by atoms with Crippen LogP contribution < -0.4 is 21.7 Å². The Morgan fingerprint density at radius 3 is 2.17 bits per heavy atom. The number of halogens is 1. The minimum Gasteiger partial charge on any atom is -0.350 e. The van der Waals surface area contributed by atoms with Crippen molar-refractivity contribution in [1.82, 2.24) is 10.6 Å². The zero-order valence-corrected chi connectivity index (χ0v) is 14.0. The van der Waals surface area contributed by atoms with E-state index in [2.05, 4.69) is 16.0 Å². The average Bonchev–Trinajstić information content (AvgIpc) is 2.51. The van der Waals surface area contributed by atoms with E-state index in [1.807, 2.05) is 26.0 Å². The van der Waals surface area contributed by atoms with E-state index in [4.69, 9.17) is 5.73 Å². The number of benzene rings is 1. The third kappa shape index (κ3) is 8.18. The molecule has 0 fully saturated rings. The molecule has 1 rings (SSSR count). The lowest BCUT2D eigenvalue weighted by molar-refractivity contribution is -0.125. The van der Waals surface area contributed by atoms with Gasteiger partial charge in [0.05, 0.1) is 13.1 Å². The van der Waals surface area contributed by atoms with Crippen molar-refractivity contribution in [2.75, 3.05) is 18.4 Å². The van der Waals surface area contributed by atoms with E-state index in [9.17, 15) is 14.4 Å². The Morgan fingerprint density at radius 1 is 1.04 bits per heavy atom. The molecule has 0 saturated carbocycles. The molecule has 7 nitrogen and oxygen atoms in total. The summed E-state index contributed by atoms with van der Waals surface area (Å²) in [6, 6.07) is 7.18. The van der Waals surface area contributed by atoms with Gasteiger partial charge in [0.25, 0.3) is 0 Å². The number of anilines is 1. The minimum absolute atomic E-state index is 0. The largest absolute Gasteiger partial charge is 0.350 e. The van der Waals surface area contributed by atoms with E-state index in [1.165, 1.54) is 0 Å². The molecule has 1 aromatic carbocycles. The molecular formula is C15H23ClN4O3. The molecule has 0 atom stereocenters. The molecule has 0 aromatic heterocycles. The fraction of sp³-hybridized carbons (Fsp3) is 0.400. The number of hydrogen-bond donors (Lipinski definition) is 4. The molecule has 0 aliphatic carbocycles. The smallest absolute Gasteiger partial charge is 0.239 e. The van der Waals surface area contributed by atoms with Crippen molar-refractivity contribution in [2.24, 2.45) is 11.7 Å². The number of carbonyl (C=O) groups excluding carboxylic acids is 3. The van der Waals surface area contributed by atoms with Crippen LogP contribution in [0.1, 0.15) is 19.4 Å². The lowest BCUT2D eigenvalue weighted by atomic mass is 10.1. The number of hydrogen-bond acceptors (Lipinski definition) is 4. The second kappa shape index (κ2) is 10.6. The van der Waals surface area contributed by atoms with Gasteiger partial charge in [0.15, 0.2) is 0 Å². The zero-order chi connectivity index (χ0) is 16.5. The molecule has 3 amide bonds. The molecule has 0 heterocycles. The number of rotatable bonds is 7. The van der Waals surface area contributed by atoms with Crippen LogP contribution in [0.4, 0.5) is 5.69 Å². The third-order valence-electron chi connectivity index (χ3n) is 2.87. The Bertz CT molecular complexity index is 532. The maximum atomic E-state index is 11.6. The highest BCUT2D eigenvalue weighted by Gasteiger charge is 2.07. The summed E-state index contributed by atoms with van der Waals surface area (Å²) in [4.78, 5) is 34.0. The minimum atomic E-state index is -0.375. The van der Waals surface area contributed by atoms with E-state index in [0.717, 1.165) is 5.56 Å². The molecule has 23 heavy (non-hydrogen) atoms. The van der Waals surface area contributed by atoms with Crippen LogP contribution in [0.25, 0.3) is 0 Å². The van der Waals surface area contributed by atoms with E-state index >= 15 is 0 Å². The average molecular weight is 343 g/mol. The third-order valence-corrected chi connectivity index (χ3v) is 2.87. The molecule has 0 spiro atoms. The standard InChI is InChI=1S/C15H22N4O3.ClH/c1-10(2)15(22)19-12-5-3-11(4-6-12)8-17-14(21)9-18-13(20)7-16;/h3-6,10H,7-9,16H2,1-2H3,(H,17,21)(H,18,20)(H,19,22);1H.